The maximum Gasteiger partial charge on any atom is 0.0434 e. The molecule has 3 N–H and O–H groups in total. The molecule has 3 rings (SSSR count). The summed E-state index contributed by atoms with van der Waals surface area (Å²) in [5.74, 6) is 2.17. The van der Waals surface area contributed by atoms with E-state index in [1.165, 1.54) is 12.8 Å². The van der Waals surface area contributed by atoms with Gasteiger partial charge in [0.25, 0.3) is 0 Å². The molecule has 0 unspecified atom stereocenters. The second-order valence-electron chi connectivity index (χ2n) is 5.45. The first-order chi connectivity index (χ1) is 6.07. The van der Waals surface area contributed by atoms with Gasteiger partial charge in [-0.2, -0.15) is 0 Å². The van der Waals surface area contributed by atoms with Gasteiger partial charge in [-0.25, -0.2) is 0 Å². The highest BCUT2D eigenvalue weighted by molar-refractivity contribution is 5.07. The molecule has 0 radical (unpaired) electrons. The Morgan fingerprint density at radius 1 is 1.38 bits per heavy atom. The van der Waals surface area contributed by atoms with E-state index in [-0.39, 0.29) is 0 Å². The lowest BCUT2D eigenvalue weighted by Gasteiger charge is -2.61. The number of fused-ring (bicyclic) bond motifs is 2. The Labute approximate surface area is 80.5 Å². The van der Waals surface area contributed by atoms with Crippen molar-refractivity contribution in [3.8, 4) is 0 Å². The van der Waals surface area contributed by atoms with Crippen LogP contribution in [-0.4, -0.2) is 17.8 Å². The fourth-order valence-electron chi connectivity index (χ4n) is 3.44. The van der Waals surface area contributed by atoms with Gasteiger partial charge >= 0.3 is 0 Å². The van der Waals surface area contributed by atoms with Crippen molar-refractivity contribution in [2.24, 2.45) is 28.9 Å². The van der Waals surface area contributed by atoms with Gasteiger partial charge in [-0.05, 0) is 42.4 Å². The summed E-state index contributed by atoms with van der Waals surface area (Å²) in [4.78, 5) is 0. The van der Waals surface area contributed by atoms with Gasteiger partial charge in [0.15, 0.2) is 0 Å². The summed E-state index contributed by atoms with van der Waals surface area (Å²) in [6, 6.07) is 0.340. The Bertz CT molecular complexity index is 202. The second-order valence-corrected chi connectivity index (χ2v) is 5.45. The van der Waals surface area contributed by atoms with E-state index in [0.717, 1.165) is 12.3 Å². The van der Waals surface area contributed by atoms with Crippen LogP contribution < -0.4 is 5.73 Å². The molecule has 2 heteroatoms. The molecule has 76 valence electrons. The van der Waals surface area contributed by atoms with Gasteiger partial charge in [0.1, 0.15) is 0 Å². The van der Waals surface area contributed by atoms with Crippen molar-refractivity contribution in [1.82, 2.24) is 0 Å². The lowest BCUT2D eigenvalue weighted by atomic mass is 9.45. The highest BCUT2D eigenvalue weighted by Gasteiger charge is 2.56. The highest BCUT2D eigenvalue weighted by atomic mass is 16.3. The Morgan fingerprint density at radius 2 is 2.08 bits per heavy atom. The average Bonchev–Trinajstić information content (AvgIpc) is 2.08. The number of hydrogen-bond acceptors (Lipinski definition) is 2. The first-order valence-corrected chi connectivity index (χ1v) is 5.43. The van der Waals surface area contributed by atoms with E-state index in [0.29, 0.717) is 29.9 Å². The van der Waals surface area contributed by atoms with Crippen molar-refractivity contribution >= 4 is 0 Å². The third-order valence-electron chi connectivity index (χ3n) is 4.64. The summed E-state index contributed by atoms with van der Waals surface area (Å²) >= 11 is 0. The molecule has 4 atom stereocenters. The molecule has 0 saturated heterocycles. The fraction of sp³-hybridized carbons (Fsp3) is 1.00. The fourth-order valence-corrected chi connectivity index (χ4v) is 3.44. The molecule has 2 nitrogen and oxygen atoms in total. The van der Waals surface area contributed by atoms with E-state index in [1.54, 1.807) is 0 Å². The van der Waals surface area contributed by atoms with Gasteiger partial charge in [-0.3, -0.25) is 0 Å². The highest BCUT2D eigenvalue weighted by Crippen LogP contribution is 2.60. The Balaban J connectivity index is 2.03. The summed E-state index contributed by atoms with van der Waals surface area (Å²) in [5, 5.41) is 8.91. The Kier molecular flexibility index (Phi) is 2.16. The van der Waals surface area contributed by atoms with Crippen LogP contribution in [0.5, 0.6) is 0 Å². The predicted octanol–water partition coefficient (Wildman–Crippen LogP) is 1.38. The molecular formula is C11H21NO. The normalized spacial score (nSPS) is 47.1. The standard InChI is InChI=1S/C11H21NO/c1-11(2)8-5-7(3-4-13)10(12)9(11)6-8/h7-10,13H,3-6,12H2,1-2H3/t7-,8+,9+,10+/m0/s1. The van der Waals surface area contributed by atoms with Crippen LogP contribution in [0.3, 0.4) is 0 Å². The molecule has 0 aromatic rings. The quantitative estimate of drug-likeness (QED) is 0.679. The van der Waals surface area contributed by atoms with Gasteiger partial charge in [0, 0.05) is 12.6 Å². The van der Waals surface area contributed by atoms with Crippen molar-refractivity contribution in [2.75, 3.05) is 6.61 Å². The van der Waals surface area contributed by atoms with Crippen molar-refractivity contribution < 1.29 is 5.11 Å². The molecule has 3 saturated carbocycles. The first-order valence-electron chi connectivity index (χ1n) is 5.43. The summed E-state index contributed by atoms with van der Waals surface area (Å²) in [6.45, 7) is 5.00. The molecule has 2 bridgehead atoms. The molecule has 0 amide bonds. The van der Waals surface area contributed by atoms with Gasteiger partial charge in [-0.15, -0.1) is 0 Å². The SMILES string of the molecule is CC1(C)[C@@H]2C[C@H](CCO)[C@@H](N)[C@H]1C2. The molecular weight excluding hydrogens is 162 g/mol. The molecule has 0 aromatic carbocycles. The van der Waals surface area contributed by atoms with Crippen molar-refractivity contribution in [2.45, 2.75) is 39.2 Å². The van der Waals surface area contributed by atoms with Gasteiger partial charge < -0.3 is 10.8 Å². The zero-order chi connectivity index (χ0) is 9.64. The maximum atomic E-state index is 8.91. The van der Waals surface area contributed by atoms with Crippen LogP contribution in [0.1, 0.15) is 33.1 Å². The molecule has 0 spiro atoms. The summed E-state index contributed by atoms with van der Waals surface area (Å²) < 4.78 is 0. The van der Waals surface area contributed by atoms with E-state index >= 15 is 0 Å². The number of rotatable bonds is 2. The lowest BCUT2D eigenvalue weighted by Crippen LogP contribution is -2.61. The summed E-state index contributed by atoms with van der Waals surface area (Å²) in [7, 11) is 0. The van der Waals surface area contributed by atoms with E-state index < -0.39 is 0 Å². The van der Waals surface area contributed by atoms with Gasteiger partial charge in [0.05, 0.1) is 0 Å². The van der Waals surface area contributed by atoms with Crippen LogP contribution >= 0.6 is 0 Å². The molecule has 0 aliphatic heterocycles. The van der Waals surface area contributed by atoms with Crippen LogP contribution in [0.2, 0.25) is 0 Å². The zero-order valence-electron chi connectivity index (χ0n) is 8.66. The van der Waals surface area contributed by atoms with Crippen LogP contribution in [0.25, 0.3) is 0 Å². The van der Waals surface area contributed by atoms with Crippen molar-refractivity contribution in [3.05, 3.63) is 0 Å². The molecule has 0 heterocycles. The third kappa shape index (κ3) is 1.23. The van der Waals surface area contributed by atoms with Gasteiger partial charge in [-0.1, -0.05) is 13.8 Å². The molecule has 13 heavy (non-hydrogen) atoms. The Hall–Kier alpha value is -0.0800. The first kappa shape index (κ1) is 9.47. The molecule has 3 aliphatic carbocycles. The number of nitrogens with two attached hydrogens (primary N) is 1. The van der Waals surface area contributed by atoms with Gasteiger partial charge in [0.2, 0.25) is 0 Å². The largest absolute Gasteiger partial charge is 0.396 e. The average molecular weight is 183 g/mol. The third-order valence-corrected chi connectivity index (χ3v) is 4.64. The minimum atomic E-state index is 0.304. The van der Waals surface area contributed by atoms with Crippen LogP contribution in [0.15, 0.2) is 0 Å². The monoisotopic (exact) mass is 183 g/mol. The van der Waals surface area contributed by atoms with Crippen molar-refractivity contribution in [1.29, 1.82) is 0 Å². The number of aliphatic hydroxyl groups is 1. The topological polar surface area (TPSA) is 46.2 Å². The van der Waals surface area contributed by atoms with E-state index in [2.05, 4.69) is 13.8 Å². The smallest absolute Gasteiger partial charge is 0.0434 e. The maximum absolute atomic E-state index is 8.91. The number of aliphatic hydroxyl groups excluding tert-OH is 1. The lowest BCUT2D eigenvalue weighted by molar-refractivity contribution is -0.107. The molecule has 0 aromatic heterocycles. The summed E-state index contributed by atoms with van der Waals surface area (Å²) in [6.07, 6.45) is 3.48. The van der Waals surface area contributed by atoms with Crippen LogP contribution in [0, 0.1) is 23.2 Å². The minimum absolute atomic E-state index is 0.304. The van der Waals surface area contributed by atoms with Crippen molar-refractivity contribution in [3.63, 3.8) is 0 Å². The van der Waals surface area contributed by atoms with E-state index in [9.17, 15) is 0 Å². The minimum Gasteiger partial charge on any atom is -0.396 e. The van der Waals surface area contributed by atoms with E-state index in [1.807, 2.05) is 0 Å². The molecule has 3 fully saturated rings. The summed E-state index contributed by atoms with van der Waals surface area (Å²) in [5.41, 5.74) is 6.69. The predicted molar refractivity (Wildman–Crippen MR) is 53.2 cm³/mol. The van der Waals surface area contributed by atoms with E-state index in [4.69, 9.17) is 10.8 Å². The Morgan fingerprint density at radius 3 is 2.54 bits per heavy atom. The zero-order valence-corrected chi connectivity index (χ0v) is 8.66. The number of hydrogen-bond donors (Lipinski definition) is 2. The van der Waals surface area contributed by atoms with Crippen LogP contribution in [-0.2, 0) is 0 Å². The van der Waals surface area contributed by atoms with Crippen LogP contribution in [0.4, 0.5) is 0 Å². The second kappa shape index (κ2) is 2.96. The molecule has 3 aliphatic rings.